The normalized spacial score (nSPS) is 12.9. The third-order valence-corrected chi connectivity index (χ3v) is 3.55. The minimum atomic E-state index is -0.307. The summed E-state index contributed by atoms with van der Waals surface area (Å²) in [6, 6.07) is 4.85. The SMILES string of the molecule is CC(C)n1ncnc1CC(N)c1ccc(Br)c(F)c1. The maximum absolute atomic E-state index is 13.5. The second-order valence-electron chi connectivity index (χ2n) is 4.70. The zero-order chi connectivity index (χ0) is 14.0. The summed E-state index contributed by atoms with van der Waals surface area (Å²) >= 11 is 3.13. The molecule has 0 bridgehead atoms. The van der Waals surface area contributed by atoms with Gasteiger partial charge in [0.2, 0.25) is 0 Å². The van der Waals surface area contributed by atoms with Crippen molar-refractivity contribution in [3.05, 3.63) is 46.2 Å². The van der Waals surface area contributed by atoms with Crippen LogP contribution in [-0.4, -0.2) is 14.8 Å². The fourth-order valence-corrected chi connectivity index (χ4v) is 2.16. The molecule has 0 aliphatic rings. The minimum absolute atomic E-state index is 0.228. The van der Waals surface area contributed by atoms with Gasteiger partial charge in [-0.1, -0.05) is 6.07 Å². The van der Waals surface area contributed by atoms with E-state index >= 15 is 0 Å². The van der Waals surface area contributed by atoms with Gasteiger partial charge in [0.25, 0.3) is 0 Å². The molecule has 19 heavy (non-hydrogen) atoms. The van der Waals surface area contributed by atoms with Crippen LogP contribution < -0.4 is 5.73 Å². The average Bonchev–Trinajstić information content (AvgIpc) is 2.80. The van der Waals surface area contributed by atoms with Gasteiger partial charge in [0.1, 0.15) is 18.0 Å². The predicted molar refractivity (Wildman–Crippen MR) is 75.1 cm³/mol. The van der Waals surface area contributed by atoms with Gasteiger partial charge in [-0.2, -0.15) is 5.10 Å². The monoisotopic (exact) mass is 326 g/mol. The van der Waals surface area contributed by atoms with Crippen LogP contribution in [0.4, 0.5) is 4.39 Å². The van der Waals surface area contributed by atoms with Gasteiger partial charge in [0.15, 0.2) is 0 Å². The Morgan fingerprint density at radius 1 is 1.42 bits per heavy atom. The predicted octanol–water partition coefficient (Wildman–Crippen LogP) is 3.00. The zero-order valence-corrected chi connectivity index (χ0v) is 12.4. The van der Waals surface area contributed by atoms with Crippen molar-refractivity contribution in [1.29, 1.82) is 0 Å². The highest BCUT2D eigenvalue weighted by molar-refractivity contribution is 9.10. The highest BCUT2D eigenvalue weighted by atomic mass is 79.9. The van der Waals surface area contributed by atoms with Crippen molar-refractivity contribution in [2.45, 2.75) is 32.4 Å². The van der Waals surface area contributed by atoms with Crippen LogP contribution in [0.3, 0.4) is 0 Å². The highest BCUT2D eigenvalue weighted by Crippen LogP contribution is 2.22. The number of halogens is 2. The molecule has 0 aliphatic carbocycles. The Kier molecular flexibility index (Phi) is 4.31. The van der Waals surface area contributed by atoms with E-state index in [2.05, 4.69) is 26.0 Å². The first kappa shape index (κ1) is 14.1. The van der Waals surface area contributed by atoms with Gasteiger partial charge >= 0.3 is 0 Å². The van der Waals surface area contributed by atoms with E-state index in [-0.39, 0.29) is 17.9 Å². The van der Waals surface area contributed by atoms with E-state index < -0.39 is 0 Å². The van der Waals surface area contributed by atoms with Gasteiger partial charge in [-0.05, 0) is 47.5 Å². The Balaban J connectivity index is 2.18. The fraction of sp³-hybridized carbons (Fsp3) is 0.385. The highest BCUT2D eigenvalue weighted by Gasteiger charge is 2.14. The summed E-state index contributed by atoms with van der Waals surface area (Å²) < 4.78 is 15.8. The van der Waals surface area contributed by atoms with Crippen molar-refractivity contribution in [3.63, 3.8) is 0 Å². The van der Waals surface area contributed by atoms with Crippen molar-refractivity contribution < 1.29 is 4.39 Å². The molecule has 1 aromatic carbocycles. The lowest BCUT2D eigenvalue weighted by Gasteiger charge is -2.14. The molecule has 0 amide bonds. The van der Waals surface area contributed by atoms with E-state index in [1.54, 1.807) is 6.07 Å². The first-order valence-corrected chi connectivity index (χ1v) is 6.87. The smallest absolute Gasteiger partial charge is 0.138 e. The Morgan fingerprint density at radius 2 is 2.16 bits per heavy atom. The number of rotatable bonds is 4. The maximum Gasteiger partial charge on any atom is 0.138 e. The molecule has 0 saturated heterocycles. The molecule has 2 rings (SSSR count). The average molecular weight is 327 g/mol. The summed E-state index contributed by atoms with van der Waals surface area (Å²) in [6.07, 6.45) is 2.05. The lowest BCUT2D eigenvalue weighted by atomic mass is 10.0. The molecule has 0 saturated carbocycles. The quantitative estimate of drug-likeness (QED) is 0.939. The molecule has 2 aromatic rings. The molecular weight excluding hydrogens is 311 g/mol. The lowest BCUT2D eigenvalue weighted by molar-refractivity contribution is 0.492. The molecular formula is C13H16BrFN4. The van der Waals surface area contributed by atoms with Gasteiger partial charge in [0, 0.05) is 18.5 Å². The summed E-state index contributed by atoms with van der Waals surface area (Å²) in [4.78, 5) is 4.21. The van der Waals surface area contributed by atoms with Gasteiger partial charge in [-0.15, -0.1) is 0 Å². The number of nitrogens with zero attached hydrogens (tertiary/aromatic N) is 3. The second kappa shape index (κ2) is 5.79. The number of benzene rings is 1. The van der Waals surface area contributed by atoms with Crippen LogP contribution in [0.15, 0.2) is 29.0 Å². The van der Waals surface area contributed by atoms with Gasteiger partial charge in [-0.3, -0.25) is 0 Å². The van der Waals surface area contributed by atoms with Crippen molar-refractivity contribution in [2.24, 2.45) is 5.73 Å². The largest absolute Gasteiger partial charge is 0.324 e. The van der Waals surface area contributed by atoms with Gasteiger partial charge in [-0.25, -0.2) is 14.1 Å². The number of aromatic nitrogens is 3. The van der Waals surface area contributed by atoms with Crippen molar-refractivity contribution >= 4 is 15.9 Å². The molecule has 1 aromatic heterocycles. The number of nitrogens with two attached hydrogens (primary N) is 1. The van der Waals surface area contributed by atoms with Crippen molar-refractivity contribution in [1.82, 2.24) is 14.8 Å². The summed E-state index contributed by atoms with van der Waals surface area (Å²) in [5.41, 5.74) is 6.86. The molecule has 1 heterocycles. The van der Waals surface area contributed by atoms with Crippen LogP contribution in [0, 0.1) is 5.82 Å². The lowest BCUT2D eigenvalue weighted by Crippen LogP contribution is -2.18. The molecule has 1 unspecified atom stereocenters. The first-order valence-electron chi connectivity index (χ1n) is 6.08. The Bertz CT molecular complexity index is 568. The number of hydrogen-bond acceptors (Lipinski definition) is 3. The maximum atomic E-state index is 13.5. The van der Waals surface area contributed by atoms with Crippen LogP contribution in [0.5, 0.6) is 0 Å². The van der Waals surface area contributed by atoms with Gasteiger partial charge < -0.3 is 5.73 Å². The molecule has 0 spiro atoms. The molecule has 6 heteroatoms. The van der Waals surface area contributed by atoms with Crippen molar-refractivity contribution in [3.8, 4) is 0 Å². The Labute approximate surface area is 120 Å². The standard InChI is InChI=1S/C13H16BrFN4/c1-8(2)19-13(17-7-18-19)6-12(16)9-3-4-10(14)11(15)5-9/h3-5,7-8,12H,6,16H2,1-2H3. The summed E-state index contributed by atoms with van der Waals surface area (Å²) in [5, 5.41) is 4.16. The van der Waals surface area contributed by atoms with E-state index in [4.69, 9.17) is 5.73 Å². The molecule has 2 N–H and O–H groups in total. The molecule has 0 radical (unpaired) electrons. The van der Waals surface area contributed by atoms with E-state index in [1.807, 2.05) is 24.6 Å². The summed E-state index contributed by atoms with van der Waals surface area (Å²) in [5.74, 6) is 0.504. The molecule has 102 valence electrons. The minimum Gasteiger partial charge on any atom is -0.324 e. The van der Waals surface area contributed by atoms with E-state index in [0.717, 1.165) is 11.4 Å². The van der Waals surface area contributed by atoms with Crippen molar-refractivity contribution in [2.75, 3.05) is 0 Å². The molecule has 4 nitrogen and oxygen atoms in total. The summed E-state index contributed by atoms with van der Waals surface area (Å²) in [6.45, 7) is 4.06. The first-order chi connectivity index (χ1) is 8.99. The van der Waals surface area contributed by atoms with Crippen LogP contribution in [0.1, 0.15) is 37.3 Å². The molecule has 0 fully saturated rings. The topological polar surface area (TPSA) is 56.7 Å². The molecule has 0 aliphatic heterocycles. The number of hydrogen-bond donors (Lipinski definition) is 1. The zero-order valence-electron chi connectivity index (χ0n) is 10.8. The summed E-state index contributed by atoms with van der Waals surface area (Å²) in [7, 11) is 0. The van der Waals surface area contributed by atoms with E-state index in [0.29, 0.717) is 10.9 Å². The van der Waals surface area contributed by atoms with E-state index in [9.17, 15) is 4.39 Å². The second-order valence-corrected chi connectivity index (χ2v) is 5.55. The third kappa shape index (κ3) is 3.19. The van der Waals surface area contributed by atoms with Gasteiger partial charge in [0.05, 0.1) is 4.47 Å². The fourth-order valence-electron chi connectivity index (χ4n) is 1.91. The molecule has 1 atom stereocenters. The van der Waals surface area contributed by atoms with Crippen LogP contribution in [0.25, 0.3) is 0 Å². The van der Waals surface area contributed by atoms with Crippen LogP contribution in [0.2, 0.25) is 0 Å². The Morgan fingerprint density at radius 3 is 2.79 bits per heavy atom. The van der Waals surface area contributed by atoms with Crippen LogP contribution >= 0.6 is 15.9 Å². The Hall–Kier alpha value is -1.27. The van der Waals surface area contributed by atoms with Crippen LogP contribution in [-0.2, 0) is 6.42 Å². The van der Waals surface area contributed by atoms with E-state index in [1.165, 1.54) is 12.4 Å². The third-order valence-electron chi connectivity index (χ3n) is 2.91.